The lowest BCUT2D eigenvalue weighted by molar-refractivity contribution is 0.0188. The number of carbonyl (C=O) groups excluding carboxylic acids is 2. The maximum Gasteiger partial charge on any atom is 0.410 e. The van der Waals surface area contributed by atoms with Crippen molar-refractivity contribution in [3.05, 3.63) is 28.9 Å². The monoisotopic (exact) mass is 408 g/mol. The van der Waals surface area contributed by atoms with Crippen LogP contribution in [0.1, 0.15) is 44.0 Å². The van der Waals surface area contributed by atoms with Gasteiger partial charge in [0.2, 0.25) is 0 Å². The lowest BCUT2D eigenvalue weighted by Gasteiger charge is -2.28. The molecule has 2 aromatic rings. The van der Waals surface area contributed by atoms with Crippen molar-refractivity contribution in [1.29, 1.82) is 0 Å². The van der Waals surface area contributed by atoms with Crippen molar-refractivity contribution >= 4 is 34.6 Å². The van der Waals surface area contributed by atoms with Gasteiger partial charge >= 0.3 is 12.1 Å². The van der Waals surface area contributed by atoms with Gasteiger partial charge in [-0.15, -0.1) is 0 Å². The van der Waals surface area contributed by atoms with Crippen molar-refractivity contribution in [2.24, 2.45) is 0 Å². The van der Waals surface area contributed by atoms with Gasteiger partial charge in [-0.3, -0.25) is 0 Å². The maximum atomic E-state index is 12.4. The second-order valence-corrected chi connectivity index (χ2v) is 8.15. The number of likely N-dealkylation sites (tertiary alicyclic amines) is 1. The fourth-order valence-corrected chi connectivity index (χ4v) is 3.59. The Hall–Kier alpha value is -2.41. The van der Waals surface area contributed by atoms with Crippen LogP contribution in [0.25, 0.3) is 10.9 Å². The number of rotatable bonds is 4. The molecular formula is C20H25ClN2O5. The summed E-state index contributed by atoms with van der Waals surface area (Å²) in [4.78, 5) is 29.3. The van der Waals surface area contributed by atoms with Gasteiger partial charge < -0.3 is 24.1 Å². The van der Waals surface area contributed by atoms with Gasteiger partial charge in [0.1, 0.15) is 18.0 Å². The summed E-state index contributed by atoms with van der Waals surface area (Å²) >= 11 is 6.34. The molecule has 2 heterocycles. The second-order valence-electron chi connectivity index (χ2n) is 7.77. The molecule has 152 valence electrons. The van der Waals surface area contributed by atoms with Crippen LogP contribution in [0.15, 0.2) is 18.3 Å². The zero-order chi connectivity index (χ0) is 20.5. The third kappa shape index (κ3) is 4.19. The van der Waals surface area contributed by atoms with E-state index in [0.717, 1.165) is 12.8 Å². The quantitative estimate of drug-likeness (QED) is 0.759. The van der Waals surface area contributed by atoms with Gasteiger partial charge in [-0.1, -0.05) is 11.6 Å². The molecule has 0 aliphatic carbocycles. The van der Waals surface area contributed by atoms with Gasteiger partial charge in [0.15, 0.2) is 0 Å². The first-order chi connectivity index (χ1) is 13.2. The summed E-state index contributed by atoms with van der Waals surface area (Å²) in [6.45, 7) is 6.45. The van der Waals surface area contributed by atoms with Gasteiger partial charge in [-0.2, -0.15) is 0 Å². The number of esters is 1. The van der Waals surface area contributed by atoms with E-state index in [4.69, 9.17) is 25.8 Å². The third-order valence-corrected chi connectivity index (χ3v) is 4.99. The Kier molecular flexibility index (Phi) is 5.74. The SMILES string of the molecule is COC(=O)c1cc(OC[C@H]2CCCN2C(=O)OC(C)(C)C)c2[nH]ccc2c1Cl. The number of hydrogen-bond acceptors (Lipinski definition) is 5. The molecule has 1 aromatic carbocycles. The number of fused-ring (bicyclic) bond motifs is 1. The Bertz CT molecular complexity index is 887. The van der Waals surface area contributed by atoms with E-state index < -0.39 is 11.6 Å². The Balaban J connectivity index is 1.79. The van der Waals surface area contributed by atoms with E-state index in [0.29, 0.717) is 28.2 Å². The smallest absolute Gasteiger partial charge is 0.410 e. The number of carbonyl (C=O) groups is 2. The van der Waals surface area contributed by atoms with E-state index in [1.807, 2.05) is 20.8 Å². The number of nitrogens with zero attached hydrogens (tertiary/aromatic N) is 1. The molecule has 7 nitrogen and oxygen atoms in total. The number of ether oxygens (including phenoxy) is 3. The van der Waals surface area contributed by atoms with E-state index in [-0.39, 0.29) is 24.3 Å². The molecule has 0 unspecified atom stereocenters. The number of methoxy groups -OCH3 is 1. The van der Waals surface area contributed by atoms with Crippen LogP contribution in [0, 0.1) is 0 Å². The summed E-state index contributed by atoms with van der Waals surface area (Å²) in [5.41, 5.74) is 0.383. The second kappa shape index (κ2) is 7.91. The summed E-state index contributed by atoms with van der Waals surface area (Å²) < 4.78 is 16.3. The van der Waals surface area contributed by atoms with Crippen LogP contribution in [0.5, 0.6) is 5.75 Å². The first-order valence-electron chi connectivity index (χ1n) is 9.21. The minimum atomic E-state index is -0.549. The first kappa shape index (κ1) is 20.3. The van der Waals surface area contributed by atoms with Crippen molar-refractivity contribution in [3.63, 3.8) is 0 Å². The van der Waals surface area contributed by atoms with Crippen LogP contribution in [-0.4, -0.2) is 53.9 Å². The van der Waals surface area contributed by atoms with E-state index in [2.05, 4.69) is 4.98 Å². The molecule has 1 atom stereocenters. The van der Waals surface area contributed by atoms with Gasteiger partial charge in [-0.05, 0) is 45.7 Å². The molecule has 1 amide bonds. The van der Waals surface area contributed by atoms with Crippen molar-refractivity contribution in [3.8, 4) is 5.75 Å². The Labute approximate surface area is 168 Å². The van der Waals surface area contributed by atoms with Crippen LogP contribution < -0.4 is 4.74 Å². The molecule has 3 rings (SSSR count). The molecule has 0 bridgehead atoms. The van der Waals surface area contributed by atoms with E-state index in [1.54, 1.807) is 23.2 Å². The van der Waals surface area contributed by atoms with Crippen LogP contribution in [0.4, 0.5) is 4.79 Å². The molecule has 1 fully saturated rings. The van der Waals surface area contributed by atoms with E-state index in [1.165, 1.54) is 7.11 Å². The normalized spacial score (nSPS) is 17.0. The molecule has 0 saturated carbocycles. The molecule has 1 N–H and O–H groups in total. The van der Waals surface area contributed by atoms with Gasteiger partial charge in [0.05, 0.1) is 29.3 Å². The number of H-pyrrole nitrogens is 1. The van der Waals surface area contributed by atoms with Gasteiger partial charge in [0.25, 0.3) is 0 Å². The van der Waals surface area contributed by atoms with Crippen LogP contribution in [0.2, 0.25) is 5.02 Å². The first-order valence-corrected chi connectivity index (χ1v) is 9.59. The van der Waals surface area contributed by atoms with Crippen molar-refractivity contribution in [2.45, 2.75) is 45.3 Å². The minimum absolute atomic E-state index is 0.0999. The largest absolute Gasteiger partial charge is 0.489 e. The number of amides is 1. The Morgan fingerprint density at radius 1 is 1.36 bits per heavy atom. The Morgan fingerprint density at radius 3 is 2.79 bits per heavy atom. The van der Waals surface area contributed by atoms with Crippen LogP contribution >= 0.6 is 11.6 Å². The number of hydrogen-bond donors (Lipinski definition) is 1. The van der Waals surface area contributed by atoms with E-state index >= 15 is 0 Å². The fourth-order valence-electron chi connectivity index (χ4n) is 3.30. The zero-order valence-corrected chi connectivity index (χ0v) is 17.3. The maximum absolute atomic E-state index is 12.4. The number of benzene rings is 1. The fraction of sp³-hybridized carbons (Fsp3) is 0.500. The average molecular weight is 409 g/mol. The predicted molar refractivity (Wildman–Crippen MR) is 106 cm³/mol. The lowest BCUT2D eigenvalue weighted by atomic mass is 10.1. The standard InChI is InChI=1S/C20H25ClN2O5/c1-20(2,3)28-19(25)23-9-5-6-12(23)11-27-15-10-14(18(24)26-4)16(21)13-7-8-22-17(13)15/h7-8,10,12,22H,5-6,9,11H2,1-4H3/t12-/m1/s1. The molecule has 28 heavy (non-hydrogen) atoms. The molecule has 1 saturated heterocycles. The lowest BCUT2D eigenvalue weighted by Crippen LogP contribution is -2.42. The number of aromatic nitrogens is 1. The van der Waals surface area contributed by atoms with Gasteiger partial charge in [-0.25, -0.2) is 9.59 Å². The highest BCUT2D eigenvalue weighted by atomic mass is 35.5. The third-order valence-electron chi connectivity index (χ3n) is 4.58. The molecule has 8 heteroatoms. The summed E-state index contributed by atoms with van der Waals surface area (Å²) in [6.07, 6.45) is 3.10. The minimum Gasteiger partial charge on any atom is -0.489 e. The average Bonchev–Trinajstić information content (AvgIpc) is 3.28. The highest BCUT2D eigenvalue weighted by molar-refractivity contribution is 6.38. The van der Waals surface area contributed by atoms with Crippen LogP contribution in [0.3, 0.4) is 0 Å². The van der Waals surface area contributed by atoms with Crippen molar-refractivity contribution in [2.75, 3.05) is 20.3 Å². The van der Waals surface area contributed by atoms with E-state index in [9.17, 15) is 9.59 Å². The predicted octanol–water partition coefficient (Wildman–Crippen LogP) is 4.39. The highest BCUT2D eigenvalue weighted by Gasteiger charge is 2.33. The topological polar surface area (TPSA) is 80.9 Å². The van der Waals surface area contributed by atoms with Gasteiger partial charge in [0, 0.05) is 18.1 Å². The van der Waals surface area contributed by atoms with Crippen molar-refractivity contribution < 1.29 is 23.8 Å². The number of aromatic amines is 1. The number of halogens is 1. The van der Waals surface area contributed by atoms with Crippen molar-refractivity contribution in [1.82, 2.24) is 9.88 Å². The summed E-state index contributed by atoms with van der Waals surface area (Å²) in [5, 5.41) is 0.988. The van der Waals surface area contributed by atoms with Crippen LogP contribution in [-0.2, 0) is 9.47 Å². The molecule has 0 spiro atoms. The summed E-state index contributed by atoms with van der Waals surface area (Å²) in [7, 11) is 1.30. The summed E-state index contributed by atoms with van der Waals surface area (Å²) in [5.74, 6) is -0.0463. The Morgan fingerprint density at radius 2 is 2.11 bits per heavy atom. The zero-order valence-electron chi connectivity index (χ0n) is 16.5. The molecule has 1 aromatic heterocycles. The number of nitrogens with one attached hydrogen (secondary N) is 1. The summed E-state index contributed by atoms with van der Waals surface area (Å²) in [6, 6.07) is 3.25. The molecule has 1 aliphatic rings. The molecule has 1 aliphatic heterocycles. The molecule has 0 radical (unpaired) electrons. The highest BCUT2D eigenvalue weighted by Crippen LogP contribution is 2.35. The molecular weight excluding hydrogens is 384 g/mol.